The minimum Gasteiger partial charge on any atom is -0.366 e. The van der Waals surface area contributed by atoms with Crippen molar-refractivity contribution < 1.29 is 9.59 Å². The molecule has 1 fully saturated rings. The van der Waals surface area contributed by atoms with Gasteiger partial charge in [0.25, 0.3) is 0 Å². The first-order chi connectivity index (χ1) is 12.1. The normalized spacial score (nSPS) is 13.9. The fourth-order valence-corrected chi connectivity index (χ4v) is 3.15. The lowest BCUT2D eigenvalue weighted by Gasteiger charge is -2.29. The molecular formula is C21H24N2O2. The molecule has 1 saturated carbocycles. The van der Waals surface area contributed by atoms with Crippen LogP contribution in [0.3, 0.4) is 0 Å². The Balaban J connectivity index is 1.76. The van der Waals surface area contributed by atoms with Crippen LogP contribution in [0.2, 0.25) is 0 Å². The number of hydrogen-bond acceptors (Lipinski definition) is 2. The van der Waals surface area contributed by atoms with Crippen molar-refractivity contribution in [3.05, 3.63) is 71.3 Å². The second kappa shape index (κ2) is 7.97. The van der Waals surface area contributed by atoms with E-state index >= 15 is 0 Å². The predicted molar refractivity (Wildman–Crippen MR) is 97.6 cm³/mol. The van der Waals surface area contributed by atoms with Gasteiger partial charge in [0, 0.05) is 25.1 Å². The smallest absolute Gasteiger partial charge is 0.248 e. The van der Waals surface area contributed by atoms with E-state index in [1.807, 2.05) is 47.4 Å². The molecule has 25 heavy (non-hydrogen) atoms. The highest BCUT2D eigenvalue weighted by molar-refractivity contribution is 5.92. The van der Waals surface area contributed by atoms with E-state index in [0.29, 0.717) is 31.0 Å². The molecule has 2 N–H and O–H groups in total. The molecule has 0 radical (unpaired) electrons. The van der Waals surface area contributed by atoms with Crippen LogP contribution in [0.1, 0.15) is 47.2 Å². The molecule has 0 spiro atoms. The molecule has 0 aliphatic heterocycles. The number of nitrogens with zero attached hydrogens (tertiary/aromatic N) is 1. The van der Waals surface area contributed by atoms with E-state index in [1.54, 1.807) is 12.1 Å². The monoisotopic (exact) mass is 336 g/mol. The van der Waals surface area contributed by atoms with Crippen LogP contribution in [0.25, 0.3) is 0 Å². The van der Waals surface area contributed by atoms with Gasteiger partial charge in [-0.3, -0.25) is 9.59 Å². The van der Waals surface area contributed by atoms with Gasteiger partial charge in [0.1, 0.15) is 0 Å². The summed E-state index contributed by atoms with van der Waals surface area (Å²) in [4.78, 5) is 26.1. The fraction of sp³-hybridized carbons (Fsp3) is 0.333. The maximum Gasteiger partial charge on any atom is 0.248 e. The molecule has 2 aromatic carbocycles. The van der Waals surface area contributed by atoms with Crippen LogP contribution in [-0.2, 0) is 17.9 Å². The lowest BCUT2D eigenvalue weighted by Crippen LogP contribution is -2.32. The summed E-state index contributed by atoms with van der Waals surface area (Å²) in [7, 11) is 0. The minimum absolute atomic E-state index is 0.179. The highest BCUT2D eigenvalue weighted by atomic mass is 16.2. The summed E-state index contributed by atoms with van der Waals surface area (Å²) in [5, 5.41) is 0. The summed E-state index contributed by atoms with van der Waals surface area (Å²) in [5.74, 6) is 0.262. The molecule has 0 atom stereocenters. The first kappa shape index (κ1) is 17.2. The first-order valence-corrected chi connectivity index (χ1v) is 8.82. The molecule has 1 aliphatic rings. The zero-order valence-electron chi connectivity index (χ0n) is 14.4. The highest BCUT2D eigenvalue weighted by Gasteiger charge is 2.24. The summed E-state index contributed by atoms with van der Waals surface area (Å²) in [6.07, 6.45) is 4.16. The molecule has 2 aromatic rings. The van der Waals surface area contributed by atoms with Crippen molar-refractivity contribution in [2.24, 2.45) is 11.7 Å². The molecule has 2 amide bonds. The van der Waals surface area contributed by atoms with Crippen LogP contribution < -0.4 is 5.73 Å². The Kier molecular flexibility index (Phi) is 5.49. The molecule has 0 saturated heterocycles. The second-order valence-electron chi connectivity index (χ2n) is 6.80. The van der Waals surface area contributed by atoms with E-state index in [0.717, 1.165) is 24.0 Å². The van der Waals surface area contributed by atoms with Gasteiger partial charge in [-0.15, -0.1) is 0 Å². The van der Waals surface area contributed by atoms with Crippen LogP contribution >= 0.6 is 0 Å². The Bertz CT molecular complexity index is 739. The van der Waals surface area contributed by atoms with Gasteiger partial charge >= 0.3 is 0 Å². The average molecular weight is 336 g/mol. The van der Waals surface area contributed by atoms with Gasteiger partial charge in [-0.2, -0.15) is 0 Å². The summed E-state index contributed by atoms with van der Waals surface area (Å²) in [5.41, 5.74) is 7.88. The predicted octanol–water partition coefficient (Wildman–Crippen LogP) is 3.50. The van der Waals surface area contributed by atoms with Crippen molar-refractivity contribution in [1.82, 2.24) is 4.90 Å². The van der Waals surface area contributed by atoms with Gasteiger partial charge in [-0.25, -0.2) is 0 Å². The summed E-state index contributed by atoms with van der Waals surface area (Å²) in [6, 6.07) is 17.2. The third-order valence-electron chi connectivity index (χ3n) is 4.84. The Morgan fingerprint density at radius 3 is 2.28 bits per heavy atom. The standard InChI is InChI=1S/C21H24N2O2/c22-21(25)19-11-5-10-18(12-19)15-23(14-17-6-2-1-3-7-17)20(24)13-16-8-4-9-16/h1-3,5-7,10-12,16H,4,8-9,13-15H2,(H2,22,25). The number of rotatable bonds is 7. The van der Waals surface area contributed by atoms with Gasteiger partial charge in [0.05, 0.1) is 0 Å². The van der Waals surface area contributed by atoms with Crippen LogP contribution in [-0.4, -0.2) is 16.7 Å². The molecule has 3 rings (SSSR count). The number of hydrogen-bond donors (Lipinski definition) is 1. The van der Waals surface area contributed by atoms with Crippen molar-refractivity contribution in [3.63, 3.8) is 0 Å². The van der Waals surface area contributed by atoms with Crippen molar-refractivity contribution >= 4 is 11.8 Å². The Hall–Kier alpha value is -2.62. The van der Waals surface area contributed by atoms with Gasteiger partial charge in [0.2, 0.25) is 11.8 Å². The molecule has 4 nitrogen and oxygen atoms in total. The van der Waals surface area contributed by atoms with E-state index in [4.69, 9.17) is 5.73 Å². The summed E-state index contributed by atoms with van der Waals surface area (Å²) >= 11 is 0. The zero-order chi connectivity index (χ0) is 17.6. The SMILES string of the molecule is NC(=O)c1cccc(CN(Cc2ccccc2)C(=O)CC2CCC2)c1. The highest BCUT2D eigenvalue weighted by Crippen LogP contribution is 2.30. The lowest BCUT2D eigenvalue weighted by atomic mass is 9.82. The maximum absolute atomic E-state index is 12.8. The minimum atomic E-state index is -0.447. The summed E-state index contributed by atoms with van der Waals surface area (Å²) < 4.78 is 0. The van der Waals surface area contributed by atoms with Gasteiger partial charge < -0.3 is 10.6 Å². The lowest BCUT2D eigenvalue weighted by molar-refractivity contribution is -0.134. The number of primary amides is 1. The second-order valence-corrected chi connectivity index (χ2v) is 6.80. The number of nitrogens with two attached hydrogens (primary N) is 1. The number of benzene rings is 2. The van der Waals surface area contributed by atoms with Crippen LogP contribution in [0.4, 0.5) is 0 Å². The number of amides is 2. The summed E-state index contributed by atoms with van der Waals surface area (Å²) in [6.45, 7) is 1.06. The van der Waals surface area contributed by atoms with E-state index in [1.165, 1.54) is 6.42 Å². The molecule has 0 aromatic heterocycles. The van der Waals surface area contributed by atoms with Crippen molar-refractivity contribution in [2.75, 3.05) is 0 Å². The number of carbonyl (C=O) groups is 2. The quantitative estimate of drug-likeness (QED) is 0.841. The Morgan fingerprint density at radius 1 is 0.960 bits per heavy atom. The van der Waals surface area contributed by atoms with Crippen molar-refractivity contribution in [2.45, 2.75) is 38.8 Å². The van der Waals surface area contributed by atoms with E-state index in [-0.39, 0.29) is 5.91 Å². The molecule has 1 aliphatic carbocycles. The third-order valence-corrected chi connectivity index (χ3v) is 4.84. The molecule has 0 bridgehead atoms. The van der Waals surface area contributed by atoms with Crippen LogP contribution in [0, 0.1) is 5.92 Å². The largest absolute Gasteiger partial charge is 0.366 e. The fourth-order valence-electron chi connectivity index (χ4n) is 3.15. The van der Waals surface area contributed by atoms with Gasteiger partial charge in [-0.1, -0.05) is 48.9 Å². The van der Waals surface area contributed by atoms with E-state index in [2.05, 4.69) is 0 Å². The van der Waals surface area contributed by atoms with Crippen LogP contribution in [0.5, 0.6) is 0 Å². The number of carbonyl (C=O) groups excluding carboxylic acids is 2. The molecular weight excluding hydrogens is 312 g/mol. The molecule has 0 unspecified atom stereocenters. The topological polar surface area (TPSA) is 63.4 Å². The third kappa shape index (κ3) is 4.69. The van der Waals surface area contributed by atoms with E-state index < -0.39 is 5.91 Å². The maximum atomic E-state index is 12.8. The molecule has 0 heterocycles. The average Bonchev–Trinajstić information content (AvgIpc) is 2.58. The van der Waals surface area contributed by atoms with E-state index in [9.17, 15) is 9.59 Å². The Labute approximate surface area is 148 Å². The zero-order valence-corrected chi connectivity index (χ0v) is 14.4. The van der Waals surface area contributed by atoms with Crippen molar-refractivity contribution in [1.29, 1.82) is 0 Å². The van der Waals surface area contributed by atoms with Gasteiger partial charge in [-0.05, 0) is 42.0 Å². The van der Waals surface area contributed by atoms with Crippen LogP contribution in [0.15, 0.2) is 54.6 Å². The Morgan fingerprint density at radius 2 is 1.64 bits per heavy atom. The molecule has 130 valence electrons. The first-order valence-electron chi connectivity index (χ1n) is 8.82. The van der Waals surface area contributed by atoms with Crippen molar-refractivity contribution in [3.8, 4) is 0 Å². The van der Waals surface area contributed by atoms with Gasteiger partial charge in [0.15, 0.2) is 0 Å². The molecule has 4 heteroatoms.